The molecule has 0 aliphatic carbocycles. The zero-order valence-corrected chi connectivity index (χ0v) is 20.7. The molecule has 0 bridgehead atoms. The topological polar surface area (TPSA) is 81.0 Å². The smallest absolute Gasteiger partial charge is 0.157 e. The first-order valence-corrected chi connectivity index (χ1v) is 11.5. The van der Waals surface area contributed by atoms with E-state index in [1.54, 1.807) is 0 Å². The van der Waals surface area contributed by atoms with E-state index in [1.807, 2.05) is 26.0 Å². The molecule has 1 aliphatic rings. The summed E-state index contributed by atoms with van der Waals surface area (Å²) in [6.07, 6.45) is 0. The number of aromatic nitrogens is 3. The Hall–Kier alpha value is -3.24. The molecule has 3 heterocycles. The van der Waals surface area contributed by atoms with Gasteiger partial charge in [0.05, 0.1) is 23.4 Å². The Morgan fingerprint density at radius 2 is 1.88 bits per heavy atom. The monoisotopic (exact) mass is 443 g/mol. The van der Waals surface area contributed by atoms with E-state index in [4.69, 9.17) is 4.98 Å². The van der Waals surface area contributed by atoms with Crippen LogP contribution in [0, 0.1) is 32.1 Å². The van der Waals surface area contributed by atoms with Crippen molar-refractivity contribution in [1.82, 2.24) is 20.1 Å². The van der Waals surface area contributed by atoms with Crippen molar-refractivity contribution >= 4 is 22.4 Å². The first kappa shape index (κ1) is 22.9. The summed E-state index contributed by atoms with van der Waals surface area (Å²) in [5, 5.41) is 24.0. The Labute approximate surface area is 196 Å². The summed E-state index contributed by atoms with van der Waals surface area (Å²) in [5.74, 6) is 1.72. The number of pyridine rings is 1. The van der Waals surface area contributed by atoms with Crippen LogP contribution in [0.5, 0.6) is 0 Å². The molecule has 172 valence electrons. The van der Waals surface area contributed by atoms with Gasteiger partial charge in [0.1, 0.15) is 5.82 Å². The van der Waals surface area contributed by atoms with Gasteiger partial charge in [-0.05, 0) is 71.8 Å². The number of fused-ring (bicyclic) bond motifs is 1. The zero-order chi connectivity index (χ0) is 23.9. The third-order valence-electron chi connectivity index (χ3n) is 7.06. The summed E-state index contributed by atoms with van der Waals surface area (Å²) in [7, 11) is 2.18. The fraction of sp³-hybridized carbons (Fsp3) is 0.462. The summed E-state index contributed by atoms with van der Waals surface area (Å²) >= 11 is 0. The second-order valence-corrected chi connectivity index (χ2v) is 9.78. The highest BCUT2D eigenvalue weighted by Crippen LogP contribution is 2.33. The molecule has 4 rings (SSSR count). The first-order valence-electron chi connectivity index (χ1n) is 11.5. The van der Waals surface area contributed by atoms with Gasteiger partial charge >= 0.3 is 0 Å². The van der Waals surface area contributed by atoms with E-state index in [2.05, 4.69) is 78.3 Å². The minimum Gasteiger partial charge on any atom is -0.362 e. The molecule has 1 N–H and O–H groups in total. The highest BCUT2D eigenvalue weighted by Gasteiger charge is 2.32. The van der Waals surface area contributed by atoms with E-state index < -0.39 is 0 Å². The lowest BCUT2D eigenvalue weighted by Crippen LogP contribution is -2.57. The maximum absolute atomic E-state index is 9.42. The van der Waals surface area contributed by atoms with Crippen LogP contribution in [0.3, 0.4) is 0 Å². The second kappa shape index (κ2) is 8.60. The minimum atomic E-state index is -0.0296. The molecule has 0 unspecified atom stereocenters. The molecular weight excluding hydrogens is 410 g/mol. The van der Waals surface area contributed by atoms with Gasteiger partial charge in [0.25, 0.3) is 0 Å². The SMILES string of the molecule is Cc1c(C#N)cccc1[C@@H](C)Nc1nnc(C)c2c(C)nc(N3CCN(C)C(C)(C)C3)cc12. The Bertz CT molecular complexity index is 1240. The molecule has 0 spiro atoms. The van der Waals surface area contributed by atoms with Crippen molar-refractivity contribution in [2.75, 3.05) is 36.9 Å². The van der Waals surface area contributed by atoms with Crippen LogP contribution in [0.2, 0.25) is 0 Å². The lowest BCUT2D eigenvalue weighted by atomic mass is 9.98. The molecule has 0 amide bonds. The number of hydrogen-bond donors (Lipinski definition) is 1. The number of nitrogens with zero attached hydrogens (tertiary/aromatic N) is 6. The molecule has 7 heteroatoms. The molecular formula is C26H33N7. The molecule has 2 aromatic heterocycles. The summed E-state index contributed by atoms with van der Waals surface area (Å²) in [4.78, 5) is 9.74. The molecule has 0 saturated carbocycles. The van der Waals surface area contributed by atoms with Crippen molar-refractivity contribution in [2.45, 2.75) is 53.1 Å². The van der Waals surface area contributed by atoms with Gasteiger partial charge in [-0.25, -0.2) is 4.98 Å². The Morgan fingerprint density at radius 1 is 1.12 bits per heavy atom. The number of anilines is 2. The first-order chi connectivity index (χ1) is 15.6. The van der Waals surface area contributed by atoms with Gasteiger partial charge in [0.2, 0.25) is 0 Å². The summed E-state index contributed by atoms with van der Waals surface area (Å²) in [5.41, 5.74) is 4.68. The van der Waals surface area contributed by atoms with E-state index in [0.717, 1.165) is 64.6 Å². The maximum Gasteiger partial charge on any atom is 0.157 e. The summed E-state index contributed by atoms with van der Waals surface area (Å²) < 4.78 is 0. The van der Waals surface area contributed by atoms with E-state index in [9.17, 15) is 5.26 Å². The van der Waals surface area contributed by atoms with Crippen molar-refractivity contribution in [3.8, 4) is 6.07 Å². The number of aryl methyl sites for hydroxylation is 2. The van der Waals surface area contributed by atoms with Crippen molar-refractivity contribution in [1.29, 1.82) is 5.26 Å². The fourth-order valence-corrected chi connectivity index (χ4v) is 4.76. The van der Waals surface area contributed by atoms with Crippen LogP contribution in [0.25, 0.3) is 10.8 Å². The molecule has 1 fully saturated rings. The standard InChI is InChI=1S/C26H33N7/c1-16-20(14-27)9-8-10-21(16)17(2)29-25-22-13-23(28-18(3)24(22)19(4)30-31-25)33-12-11-32(7)26(5,6)15-33/h8-10,13,17H,11-12,15H2,1-7H3,(H,29,31)/t17-/m1/s1. The summed E-state index contributed by atoms with van der Waals surface area (Å²) in [6, 6.07) is 10.2. The third kappa shape index (κ3) is 4.23. The number of benzene rings is 1. The number of likely N-dealkylation sites (N-methyl/N-ethyl adjacent to an activating group) is 1. The number of hydrogen-bond acceptors (Lipinski definition) is 7. The quantitative estimate of drug-likeness (QED) is 0.635. The normalized spacial score (nSPS) is 17.1. The molecule has 3 aromatic rings. The lowest BCUT2D eigenvalue weighted by molar-refractivity contribution is 0.138. The molecule has 1 aromatic carbocycles. The largest absolute Gasteiger partial charge is 0.362 e. The van der Waals surface area contributed by atoms with Gasteiger partial charge < -0.3 is 10.2 Å². The third-order valence-corrected chi connectivity index (χ3v) is 7.06. The summed E-state index contributed by atoms with van der Waals surface area (Å²) in [6.45, 7) is 15.5. The molecule has 33 heavy (non-hydrogen) atoms. The van der Waals surface area contributed by atoms with Gasteiger partial charge in [-0.3, -0.25) is 4.90 Å². The van der Waals surface area contributed by atoms with Crippen LogP contribution >= 0.6 is 0 Å². The average Bonchev–Trinajstić information content (AvgIpc) is 2.77. The second-order valence-electron chi connectivity index (χ2n) is 9.78. The molecule has 1 saturated heterocycles. The van der Waals surface area contributed by atoms with E-state index in [0.29, 0.717) is 5.56 Å². The van der Waals surface area contributed by atoms with Crippen LogP contribution in [-0.4, -0.2) is 52.3 Å². The number of nitrogens with one attached hydrogen (secondary N) is 1. The Kier molecular flexibility index (Phi) is 5.98. The highest BCUT2D eigenvalue weighted by atomic mass is 15.3. The van der Waals surface area contributed by atoms with E-state index in [-0.39, 0.29) is 11.6 Å². The Balaban J connectivity index is 1.75. The van der Waals surface area contributed by atoms with Crippen LogP contribution < -0.4 is 10.2 Å². The average molecular weight is 444 g/mol. The lowest BCUT2D eigenvalue weighted by Gasteiger charge is -2.45. The zero-order valence-electron chi connectivity index (χ0n) is 20.7. The highest BCUT2D eigenvalue weighted by molar-refractivity contribution is 5.96. The van der Waals surface area contributed by atoms with Crippen molar-refractivity contribution in [3.63, 3.8) is 0 Å². The van der Waals surface area contributed by atoms with Gasteiger partial charge in [-0.1, -0.05) is 12.1 Å². The maximum atomic E-state index is 9.42. The van der Waals surface area contributed by atoms with E-state index >= 15 is 0 Å². The van der Waals surface area contributed by atoms with Gasteiger partial charge in [-0.2, -0.15) is 10.4 Å². The molecule has 1 aliphatic heterocycles. The predicted octanol–water partition coefficient (Wildman–Crippen LogP) is 4.53. The predicted molar refractivity (Wildman–Crippen MR) is 134 cm³/mol. The number of piperazine rings is 1. The molecule has 1 atom stereocenters. The van der Waals surface area contributed by atoms with Crippen LogP contribution in [0.4, 0.5) is 11.6 Å². The van der Waals surface area contributed by atoms with Gasteiger partial charge in [0, 0.05) is 41.6 Å². The van der Waals surface area contributed by atoms with Gasteiger partial charge in [0.15, 0.2) is 5.82 Å². The van der Waals surface area contributed by atoms with Crippen LogP contribution in [-0.2, 0) is 0 Å². The minimum absolute atomic E-state index is 0.0296. The van der Waals surface area contributed by atoms with Crippen LogP contribution in [0.15, 0.2) is 24.3 Å². The fourth-order valence-electron chi connectivity index (χ4n) is 4.76. The Morgan fingerprint density at radius 3 is 2.58 bits per heavy atom. The van der Waals surface area contributed by atoms with Crippen molar-refractivity contribution in [2.24, 2.45) is 0 Å². The van der Waals surface area contributed by atoms with Gasteiger partial charge in [-0.15, -0.1) is 5.10 Å². The number of nitriles is 1. The molecule has 0 radical (unpaired) electrons. The van der Waals surface area contributed by atoms with Crippen molar-refractivity contribution < 1.29 is 0 Å². The number of rotatable bonds is 4. The van der Waals surface area contributed by atoms with Crippen LogP contribution in [0.1, 0.15) is 54.9 Å². The molecule has 7 nitrogen and oxygen atoms in total. The van der Waals surface area contributed by atoms with E-state index in [1.165, 1.54) is 0 Å². The van der Waals surface area contributed by atoms with Crippen molar-refractivity contribution in [3.05, 3.63) is 52.3 Å².